The second kappa shape index (κ2) is 8.18. The maximum atomic E-state index is 12.3. The van der Waals surface area contributed by atoms with E-state index in [1.807, 2.05) is 18.2 Å². The molecule has 1 atom stereocenters. The van der Waals surface area contributed by atoms with E-state index >= 15 is 0 Å². The summed E-state index contributed by atoms with van der Waals surface area (Å²) in [5.41, 5.74) is 0.834. The van der Waals surface area contributed by atoms with Gasteiger partial charge in [-0.3, -0.25) is 9.59 Å². The molecule has 0 spiro atoms. The lowest BCUT2D eigenvalue weighted by Crippen LogP contribution is -2.46. The number of para-hydroxylation sites is 1. The molecule has 1 aliphatic rings. The topological polar surface area (TPSA) is 85.8 Å². The Morgan fingerprint density at radius 2 is 2.04 bits per heavy atom. The number of amides is 1. The number of fused-ring (bicyclic) bond motifs is 1. The first-order chi connectivity index (χ1) is 12.6. The highest BCUT2D eigenvalue weighted by atomic mass is 32.2. The lowest BCUT2D eigenvalue weighted by Gasteiger charge is -2.30. The first-order valence-corrected chi connectivity index (χ1v) is 9.13. The number of carbonyl (C=O) groups is 3. The van der Waals surface area contributed by atoms with Crippen LogP contribution in [0.25, 0.3) is 10.9 Å². The molecular formula is C18H18N2O5S. The number of carbonyl (C=O) groups excluding carboxylic acids is 3. The Hall–Kier alpha value is -2.61. The van der Waals surface area contributed by atoms with E-state index in [1.165, 1.54) is 23.8 Å². The fraction of sp³-hybridized carbons (Fsp3) is 0.333. The molecule has 26 heavy (non-hydrogen) atoms. The van der Waals surface area contributed by atoms with Gasteiger partial charge in [0.2, 0.25) is 0 Å². The average Bonchev–Trinajstić information content (AvgIpc) is 2.70. The summed E-state index contributed by atoms with van der Waals surface area (Å²) in [5, 5.41) is 0.510. The van der Waals surface area contributed by atoms with E-state index in [0.29, 0.717) is 17.8 Å². The fourth-order valence-electron chi connectivity index (χ4n) is 2.62. The van der Waals surface area contributed by atoms with Crippen molar-refractivity contribution in [2.24, 2.45) is 0 Å². The molecule has 0 bridgehead atoms. The molecule has 2 aromatic rings. The van der Waals surface area contributed by atoms with Crippen molar-refractivity contribution in [3.05, 3.63) is 42.1 Å². The van der Waals surface area contributed by atoms with Gasteiger partial charge >= 0.3 is 11.9 Å². The monoisotopic (exact) mass is 374 g/mol. The maximum absolute atomic E-state index is 12.3. The minimum absolute atomic E-state index is 0.151. The molecule has 0 saturated carbocycles. The number of benzene rings is 1. The fourth-order valence-corrected chi connectivity index (χ4v) is 3.75. The van der Waals surface area contributed by atoms with E-state index in [-0.39, 0.29) is 30.7 Å². The molecule has 0 N–H and O–H groups in total. The predicted molar refractivity (Wildman–Crippen MR) is 96.9 cm³/mol. The Bertz CT molecular complexity index is 841. The summed E-state index contributed by atoms with van der Waals surface area (Å²) < 4.78 is 9.82. The smallest absolute Gasteiger partial charge is 0.357 e. The average molecular weight is 374 g/mol. The number of hydrogen-bond donors (Lipinski definition) is 0. The largest absolute Gasteiger partial charge is 0.468 e. The quantitative estimate of drug-likeness (QED) is 0.750. The van der Waals surface area contributed by atoms with Crippen molar-refractivity contribution in [2.75, 3.05) is 32.6 Å². The molecule has 1 aliphatic heterocycles. The van der Waals surface area contributed by atoms with Crippen molar-refractivity contribution in [1.29, 1.82) is 0 Å². The van der Waals surface area contributed by atoms with E-state index < -0.39 is 11.2 Å². The van der Waals surface area contributed by atoms with Crippen LogP contribution >= 0.6 is 11.8 Å². The summed E-state index contributed by atoms with van der Waals surface area (Å²) in [5.74, 6) is -0.718. The molecule has 7 nitrogen and oxygen atoms in total. The maximum Gasteiger partial charge on any atom is 0.357 e. The molecule has 1 fully saturated rings. The Labute approximate surface area is 154 Å². The van der Waals surface area contributed by atoms with Gasteiger partial charge < -0.3 is 14.4 Å². The van der Waals surface area contributed by atoms with E-state index in [2.05, 4.69) is 4.98 Å². The summed E-state index contributed by atoms with van der Waals surface area (Å²) in [6.07, 6.45) is 0. The van der Waals surface area contributed by atoms with Crippen molar-refractivity contribution in [3.8, 4) is 0 Å². The van der Waals surface area contributed by atoms with Crippen LogP contribution in [0.4, 0.5) is 0 Å². The SMILES string of the molecule is COC(=O)[C@H]1CN(C(=O)COC(=O)c2ccc3ccccc3n2)CCS1. The number of nitrogens with zero attached hydrogens (tertiary/aromatic N) is 2. The molecule has 1 saturated heterocycles. The summed E-state index contributed by atoms with van der Waals surface area (Å²) in [6.45, 7) is 0.372. The summed E-state index contributed by atoms with van der Waals surface area (Å²) in [6, 6.07) is 10.8. The van der Waals surface area contributed by atoms with Crippen LogP contribution in [0.15, 0.2) is 36.4 Å². The van der Waals surface area contributed by atoms with E-state index in [9.17, 15) is 14.4 Å². The van der Waals surface area contributed by atoms with Crippen molar-refractivity contribution in [2.45, 2.75) is 5.25 Å². The van der Waals surface area contributed by atoms with Gasteiger partial charge in [0.1, 0.15) is 10.9 Å². The highest BCUT2D eigenvalue weighted by molar-refractivity contribution is 8.00. The van der Waals surface area contributed by atoms with Gasteiger partial charge in [-0.2, -0.15) is 0 Å². The zero-order valence-corrected chi connectivity index (χ0v) is 15.0. The van der Waals surface area contributed by atoms with Crippen LogP contribution in [-0.4, -0.2) is 65.5 Å². The van der Waals surface area contributed by atoms with Crippen LogP contribution in [0.2, 0.25) is 0 Å². The lowest BCUT2D eigenvalue weighted by atomic mass is 10.2. The lowest BCUT2D eigenvalue weighted by molar-refractivity contribution is -0.141. The third kappa shape index (κ3) is 4.13. The molecule has 2 heterocycles. The van der Waals surface area contributed by atoms with Crippen LogP contribution < -0.4 is 0 Å². The van der Waals surface area contributed by atoms with E-state index in [1.54, 1.807) is 18.2 Å². The molecule has 1 aromatic heterocycles. The first kappa shape index (κ1) is 18.2. The number of thioether (sulfide) groups is 1. The second-order valence-corrected chi connectivity index (χ2v) is 7.00. The Balaban J connectivity index is 1.57. The molecular weight excluding hydrogens is 356 g/mol. The normalized spacial score (nSPS) is 17.0. The predicted octanol–water partition coefficient (Wildman–Crippen LogP) is 1.51. The number of hydrogen-bond acceptors (Lipinski definition) is 7. The Morgan fingerprint density at radius 1 is 1.23 bits per heavy atom. The van der Waals surface area contributed by atoms with Gasteiger partial charge in [-0.1, -0.05) is 24.3 Å². The molecule has 0 unspecified atom stereocenters. The first-order valence-electron chi connectivity index (χ1n) is 8.08. The Kier molecular flexibility index (Phi) is 5.72. The molecule has 8 heteroatoms. The zero-order chi connectivity index (χ0) is 18.5. The molecule has 3 rings (SSSR count). The molecule has 0 aliphatic carbocycles. The van der Waals surface area contributed by atoms with Crippen LogP contribution in [0.3, 0.4) is 0 Å². The number of pyridine rings is 1. The summed E-state index contributed by atoms with van der Waals surface area (Å²) in [4.78, 5) is 41.8. The molecule has 0 radical (unpaired) electrons. The van der Waals surface area contributed by atoms with Gasteiger partial charge in [0.05, 0.1) is 12.6 Å². The zero-order valence-electron chi connectivity index (χ0n) is 14.2. The number of methoxy groups -OCH3 is 1. The van der Waals surface area contributed by atoms with Crippen LogP contribution in [0.5, 0.6) is 0 Å². The van der Waals surface area contributed by atoms with Gasteiger partial charge in [0.25, 0.3) is 5.91 Å². The summed E-state index contributed by atoms with van der Waals surface area (Å²) in [7, 11) is 1.32. The van der Waals surface area contributed by atoms with Crippen molar-refractivity contribution < 1.29 is 23.9 Å². The van der Waals surface area contributed by atoms with Gasteiger partial charge in [0.15, 0.2) is 6.61 Å². The minimum Gasteiger partial charge on any atom is -0.468 e. The van der Waals surface area contributed by atoms with Crippen LogP contribution in [0.1, 0.15) is 10.5 Å². The van der Waals surface area contributed by atoms with Crippen molar-refractivity contribution >= 4 is 40.5 Å². The number of aromatic nitrogens is 1. The van der Waals surface area contributed by atoms with E-state index in [4.69, 9.17) is 9.47 Å². The van der Waals surface area contributed by atoms with Gasteiger partial charge in [-0.25, -0.2) is 9.78 Å². The number of esters is 2. The third-order valence-corrected chi connectivity index (χ3v) is 5.18. The minimum atomic E-state index is -0.653. The highest BCUT2D eigenvalue weighted by Gasteiger charge is 2.30. The van der Waals surface area contributed by atoms with Crippen LogP contribution in [0, 0.1) is 0 Å². The van der Waals surface area contributed by atoms with Crippen molar-refractivity contribution in [1.82, 2.24) is 9.88 Å². The van der Waals surface area contributed by atoms with Gasteiger partial charge in [-0.05, 0) is 12.1 Å². The van der Waals surface area contributed by atoms with E-state index in [0.717, 1.165) is 5.39 Å². The third-order valence-electron chi connectivity index (χ3n) is 4.02. The highest BCUT2D eigenvalue weighted by Crippen LogP contribution is 2.20. The standard InChI is InChI=1S/C18H18N2O5S/c1-24-18(23)15-10-20(8-9-26-15)16(21)11-25-17(22)14-7-6-12-4-2-3-5-13(12)19-14/h2-7,15H,8-11H2,1H3/t15-/m1/s1. The van der Waals surface area contributed by atoms with Gasteiger partial charge in [0, 0.05) is 24.2 Å². The molecule has 1 amide bonds. The Morgan fingerprint density at radius 3 is 2.85 bits per heavy atom. The number of ether oxygens (including phenoxy) is 2. The number of rotatable bonds is 4. The van der Waals surface area contributed by atoms with Gasteiger partial charge in [-0.15, -0.1) is 11.8 Å². The van der Waals surface area contributed by atoms with Crippen LogP contribution in [-0.2, 0) is 19.1 Å². The molecule has 136 valence electrons. The summed E-state index contributed by atoms with van der Waals surface area (Å²) >= 11 is 1.45. The molecule has 1 aromatic carbocycles. The van der Waals surface area contributed by atoms with Crippen molar-refractivity contribution in [3.63, 3.8) is 0 Å². The second-order valence-electron chi connectivity index (χ2n) is 5.69.